The Morgan fingerprint density at radius 3 is 1.98 bits per heavy atom. The zero-order valence-electron chi connectivity index (χ0n) is 25.7. The second-order valence-electron chi connectivity index (χ2n) is 10.8. The number of hydrogen-bond acceptors (Lipinski definition) is 4. The Hall–Kier alpha value is -4.50. The molecule has 0 saturated heterocycles. The topological polar surface area (TPSA) is 86.8 Å². The van der Waals surface area contributed by atoms with Gasteiger partial charge in [0.25, 0.3) is 10.0 Å². The van der Waals surface area contributed by atoms with Crippen molar-refractivity contribution in [1.29, 1.82) is 0 Å². The molecule has 236 valence electrons. The van der Waals surface area contributed by atoms with Crippen molar-refractivity contribution < 1.29 is 22.4 Å². The summed E-state index contributed by atoms with van der Waals surface area (Å²) in [6.45, 7) is 3.90. The van der Waals surface area contributed by atoms with Crippen LogP contribution in [0.4, 0.5) is 10.1 Å². The first-order valence-corrected chi connectivity index (χ1v) is 16.7. The average Bonchev–Trinajstić information content (AvgIpc) is 3.07. The standard InChI is InChI=1S/C36H40FN3O4S/c1-3-5-24-38-36(42)34(25-29-12-8-6-9-13-29)39(26-30-16-20-31(37)21-17-30)35(41)27-40(32-22-18-28(4-2)19-23-32)45(43,44)33-14-10-7-11-15-33/h6-23,34H,3-5,24-27H2,1-2H3,(H,38,42)/t34-/m0/s1. The summed E-state index contributed by atoms with van der Waals surface area (Å²) < 4.78 is 43.0. The van der Waals surface area contributed by atoms with Crippen molar-refractivity contribution in [1.82, 2.24) is 10.2 Å². The lowest BCUT2D eigenvalue weighted by atomic mass is 10.0. The minimum Gasteiger partial charge on any atom is -0.354 e. The molecule has 0 bridgehead atoms. The van der Waals surface area contributed by atoms with Gasteiger partial charge in [0.1, 0.15) is 18.4 Å². The monoisotopic (exact) mass is 629 g/mol. The number of rotatable bonds is 15. The van der Waals surface area contributed by atoms with E-state index in [1.165, 1.54) is 29.2 Å². The Morgan fingerprint density at radius 2 is 1.38 bits per heavy atom. The van der Waals surface area contributed by atoms with Gasteiger partial charge in [0.2, 0.25) is 11.8 Å². The third-order valence-corrected chi connectivity index (χ3v) is 9.40. The van der Waals surface area contributed by atoms with Crippen LogP contribution in [0, 0.1) is 5.82 Å². The highest BCUT2D eigenvalue weighted by Gasteiger charge is 2.34. The molecule has 0 aliphatic carbocycles. The molecule has 45 heavy (non-hydrogen) atoms. The van der Waals surface area contributed by atoms with Crippen LogP contribution in [0.25, 0.3) is 0 Å². The molecule has 0 aromatic heterocycles. The molecule has 2 amide bonds. The lowest BCUT2D eigenvalue weighted by Crippen LogP contribution is -2.53. The number of unbranched alkanes of at least 4 members (excludes halogenated alkanes) is 1. The van der Waals surface area contributed by atoms with Gasteiger partial charge in [-0.1, -0.05) is 93.1 Å². The number of halogens is 1. The molecular weight excluding hydrogens is 589 g/mol. The molecule has 1 N–H and O–H groups in total. The average molecular weight is 630 g/mol. The predicted octanol–water partition coefficient (Wildman–Crippen LogP) is 6.14. The zero-order chi connectivity index (χ0) is 32.2. The normalized spacial score (nSPS) is 11.9. The molecular formula is C36H40FN3O4S. The number of carbonyl (C=O) groups is 2. The summed E-state index contributed by atoms with van der Waals surface area (Å²) in [6, 6.07) is 29.1. The van der Waals surface area contributed by atoms with Gasteiger partial charge in [-0.05, 0) is 65.9 Å². The number of amides is 2. The second kappa shape index (κ2) is 16.0. The van der Waals surface area contributed by atoms with Crippen LogP contribution >= 0.6 is 0 Å². The Bertz CT molecular complexity index is 1630. The van der Waals surface area contributed by atoms with E-state index in [1.807, 2.05) is 56.3 Å². The van der Waals surface area contributed by atoms with Crippen molar-refractivity contribution in [2.24, 2.45) is 0 Å². The lowest BCUT2D eigenvalue weighted by Gasteiger charge is -2.34. The number of nitrogens with zero attached hydrogens (tertiary/aromatic N) is 2. The highest BCUT2D eigenvalue weighted by atomic mass is 32.2. The zero-order valence-corrected chi connectivity index (χ0v) is 26.5. The molecule has 0 aliphatic heterocycles. The molecule has 4 rings (SSSR count). The Morgan fingerprint density at radius 1 is 0.778 bits per heavy atom. The van der Waals surface area contributed by atoms with Crippen molar-refractivity contribution in [3.63, 3.8) is 0 Å². The number of aryl methyl sites for hydroxylation is 1. The maximum absolute atomic E-state index is 14.4. The van der Waals surface area contributed by atoms with E-state index in [9.17, 15) is 22.4 Å². The smallest absolute Gasteiger partial charge is 0.264 e. The van der Waals surface area contributed by atoms with E-state index in [0.717, 1.165) is 34.7 Å². The summed E-state index contributed by atoms with van der Waals surface area (Å²) >= 11 is 0. The van der Waals surface area contributed by atoms with Gasteiger partial charge in [0.15, 0.2) is 0 Å². The quantitative estimate of drug-likeness (QED) is 0.160. The molecule has 0 unspecified atom stereocenters. The maximum Gasteiger partial charge on any atom is 0.264 e. The van der Waals surface area contributed by atoms with Crippen LogP contribution in [-0.2, 0) is 39.0 Å². The highest BCUT2D eigenvalue weighted by Crippen LogP contribution is 2.25. The van der Waals surface area contributed by atoms with Crippen LogP contribution in [0.2, 0.25) is 0 Å². The number of carbonyl (C=O) groups excluding carboxylic acids is 2. The summed E-state index contributed by atoms with van der Waals surface area (Å²) in [5, 5.41) is 2.96. The molecule has 0 saturated carbocycles. The first-order valence-electron chi connectivity index (χ1n) is 15.2. The maximum atomic E-state index is 14.4. The highest BCUT2D eigenvalue weighted by molar-refractivity contribution is 7.92. The Balaban J connectivity index is 1.77. The van der Waals surface area contributed by atoms with Crippen molar-refractivity contribution in [3.05, 3.63) is 132 Å². The van der Waals surface area contributed by atoms with Crippen LogP contribution < -0.4 is 9.62 Å². The second-order valence-corrected chi connectivity index (χ2v) is 12.7. The van der Waals surface area contributed by atoms with E-state index in [2.05, 4.69) is 5.32 Å². The molecule has 1 atom stereocenters. The van der Waals surface area contributed by atoms with Gasteiger partial charge in [0.05, 0.1) is 10.6 Å². The van der Waals surface area contributed by atoms with Gasteiger partial charge in [-0.15, -0.1) is 0 Å². The number of sulfonamides is 1. The third kappa shape index (κ3) is 9.01. The van der Waals surface area contributed by atoms with Crippen molar-refractivity contribution >= 4 is 27.5 Å². The van der Waals surface area contributed by atoms with Gasteiger partial charge < -0.3 is 10.2 Å². The van der Waals surface area contributed by atoms with Crippen molar-refractivity contribution in [2.45, 2.75) is 57.0 Å². The number of anilines is 1. The van der Waals surface area contributed by atoms with Crippen LogP contribution in [0.15, 0.2) is 114 Å². The largest absolute Gasteiger partial charge is 0.354 e. The number of benzene rings is 4. The number of nitrogens with one attached hydrogen (secondary N) is 1. The fraction of sp³-hybridized carbons (Fsp3) is 0.278. The van der Waals surface area contributed by atoms with Gasteiger partial charge in [-0.25, -0.2) is 12.8 Å². The van der Waals surface area contributed by atoms with Gasteiger partial charge in [-0.3, -0.25) is 13.9 Å². The molecule has 0 fully saturated rings. The summed E-state index contributed by atoms with van der Waals surface area (Å²) in [6.07, 6.45) is 2.63. The molecule has 0 radical (unpaired) electrons. The molecule has 4 aromatic rings. The fourth-order valence-corrected chi connectivity index (χ4v) is 6.43. The predicted molar refractivity (Wildman–Crippen MR) is 176 cm³/mol. The van der Waals surface area contributed by atoms with Crippen molar-refractivity contribution in [3.8, 4) is 0 Å². The summed E-state index contributed by atoms with van der Waals surface area (Å²) in [7, 11) is -4.17. The molecule has 4 aromatic carbocycles. The van der Waals surface area contributed by atoms with E-state index in [4.69, 9.17) is 0 Å². The van der Waals surface area contributed by atoms with Gasteiger partial charge in [-0.2, -0.15) is 0 Å². The molecule has 0 heterocycles. The van der Waals surface area contributed by atoms with Crippen molar-refractivity contribution in [2.75, 3.05) is 17.4 Å². The summed E-state index contributed by atoms with van der Waals surface area (Å²) in [4.78, 5) is 29.6. The van der Waals surface area contributed by atoms with Crippen LogP contribution in [0.1, 0.15) is 43.4 Å². The third-order valence-electron chi connectivity index (χ3n) is 7.61. The molecule has 0 aliphatic rings. The van der Waals surface area contributed by atoms with E-state index >= 15 is 0 Å². The minimum atomic E-state index is -4.17. The van der Waals surface area contributed by atoms with Crippen LogP contribution in [0.3, 0.4) is 0 Å². The number of hydrogen-bond donors (Lipinski definition) is 1. The van der Waals surface area contributed by atoms with Gasteiger partial charge >= 0.3 is 0 Å². The first kappa shape index (κ1) is 33.4. The Kier molecular flexibility index (Phi) is 11.9. The summed E-state index contributed by atoms with van der Waals surface area (Å²) in [5.74, 6) is -1.33. The summed E-state index contributed by atoms with van der Waals surface area (Å²) in [5.41, 5.74) is 2.80. The van der Waals surface area contributed by atoms with Gasteiger partial charge in [0, 0.05) is 19.5 Å². The SMILES string of the molecule is CCCCNC(=O)[C@H](Cc1ccccc1)N(Cc1ccc(F)cc1)C(=O)CN(c1ccc(CC)cc1)S(=O)(=O)c1ccccc1. The van der Waals surface area contributed by atoms with E-state index in [-0.39, 0.29) is 23.8 Å². The Labute approximate surface area is 265 Å². The van der Waals surface area contributed by atoms with E-state index < -0.39 is 34.3 Å². The molecule has 9 heteroatoms. The van der Waals surface area contributed by atoms with Crippen LogP contribution in [-0.4, -0.2) is 44.3 Å². The van der Waals surface area contributed by atoms with E-state index in [1.54, 1.807) is 42.5 Å². The van der Waals surface area contributed by atoms with Crippen LogP contribution in [0.5, 0.6) is 0 Å². The molecule has 7 nitrogen and oxygen atoms in total. The fourth-order valence-electron chi connectivity index (χ4n) is 4.99. The lowest BCUT2D eigenvalue weighted by molar-refractivity contribution is -0.140. The molecule has 0 spiro atoms. The van der Waals surface area contributed by atoms with E-state index in [0.29, 0.717) is 17.8 Å². The first-order chi connectivity index (χ1) is 21.7. The minimum absolute atomic E-state index is 0.0220.